The number of ether oxygens (including phenoxy) is 3. The van der Waals surface area contributed by atoms with E-state index >= 15 is 0 Å². The molecule has 208 valence electrons. The Hall–Kier alpha value is -1.96. The number of rotatable bonds is 7. The summed E-state index contributed by atoms with van der Waals surface area (Å²) in [6.07, 6.45) is -5.67. The molecule has 38 heavy (non-hydrogen) atoms. The van der Waals surface area contributed by atoms with Gasteiger partial charge in [0.25, 0.3) is 0 Å². The molecule has 0 spiro atoms. The quantitative estimate of drug-likeness (QED) is 0.255. The lowest BCUT2D eigenvalue weighted by Crippen LogP contribution is -2.81. The van der Waals surface area contributed by atoms with Crippen molar-refractivity contribution in [1.82, 2.24) is 16.0 Å². The number of hydrogen-bond donors (Lipinski definition) is 7. The van der Waals surface area contributed by atoms with Crippen LogP contribution in [0.5, 0.6) is 0 Å². The molecule has 2 aromatic carbocycles. The van der Waals surface area contributed by atoms with E-state index in [9.17, 15) is 20.4 Å². The van der Waals surface area contributed by atoms with Crippen LogP contribution in [-0.2, 0) is 20.8 Å². The van der Waals surface area contributed by atoms with Crippen LogP contribution in [0.25, 0.3) is 11.1 Å². The van der Waals surface area contributed by atoms with Crippen LogP contribution in [-0.4, -0.2) is 101 Å². The van der Waals surface area contributed by atoms with Gasteiger partial charge in [0.1, 0.15) is 23.9 Å². The Kier molecular flexibility index (Phi) is 7.92. The SMILES string of the molecule is CN[C@@H]1[C@H](O)[C@H](NC)C2OC3(O)C(OC2[C@H]1O)O[C@H](C)C[C@@]3(O)CNCc1ccc(-c2ccccc2)cc1. The Bertz CT molecular complexity index is 1080. The van der Waals surface area contributed by atoms with Crippen LogP contribution in [0.2, 0.25) is 0 Å². The first-order valence-corrected chi connectivity index (χ1v) is 13.2. The smallest absolute Gasteiger partial charge is 0.249 e. The third kappa shape index (κ3) is 4.79. The monoisotopic (exact) mass is 529 g/mol. The van der Waals surface area contributed by atoms with Crippen LogP contribution in [0.3, 0.4) is 0 Å². The molecule has 0 bridgehead atoms. The Morgan fingerprint density at radius 2 is 1.50 bits per heavy atom. The first-order chi connectivity index (χ1) is 18.2. The van der Waals surface area contributed by atoms with E-state index in [1.165, 1.54) is 0 Å². The van der Waals surface area contributed by atoms with Crippen LogP contribution < -0.4 is 16.0 Å². The maximum Gasteiger partial charge on any atom is 0.249 e. The van der Waals surface area contributed by atoms with Gasteiger partial charge in [-0.2, -0.15) is 0 Å². The molecule has 0 radical (unpaired) electrons. The molecular formula is C28H39N3O7. The van der Waals surface area contributed by atoms with Crippen molar-refractivity contribution < 1.29 is 34.6 Å². The molecule has 0 aromatic heterocycles. The highest BCUT2D eigenvalue weighted by Gasteiger charge is 2.68. The molecule has 10 nitrogen and oxygen atoms in total. The van der Waals surface area contributed by atoms with Crippen molar-refractivity contribution in [3.63, 3.8) is 0 Å². The molecule has 10 atom stereocenters. The van der Waals surface area contributed by atoms with Gasteiger partial charge in [-0.15, -0.1) is 0 Å². The van der Waals surface area contributed by atoms with E-state index in [1.54, 1.807) is 21.0 Å². The number of aliphatic hydroxyl groups excluding tert-OH is 2. The number of nitrogens with one attached hydrogen (secondary N) is 3. The molecule has 1 saturated carbocycles. The Balaban J connectivity index is 1.31. The summed E-state index contributed by atoms with van der Waals surface area (Å²) in [5, 5.41) is 54.5. The fourth-order valence-electron chi connectivity index (χ4n) is 6.09. The summed E-state index contributed by atoms with van der Waals surface area (Å²) in [6.45, 7) is 2.25. The minimum absolute atomic E-state index is 0.00332. The predicted molar refractivity (Wildman–Crippen MR) is 140 cm³/mol. The second-order valence-electron chi connectivity index (χ2n) is 10.7. The van der Waals surface area contributed by atoms with E-state index in [1.807, 2.05) is 30.3 Å². The summed E-state index contributed by atoms with van der Waals surface area (Å²) >= 11 is 0. The maximum absolute atomic E-state index is 11.8. The largest absolute Gasteiger partial charge is 0.390 e. The summed E-state index contributed by atoms with van der Waals surface area (Å²) < 4.78 is 18.1. The fraction of sp³-hybridized carbons (Fsp3) is 0.571. The van der Waals surface area contributed by atoms with Crippen molar-refractivity contribution in [1.29, 1.82) is 0 Å². The lowest BCUT2D eigenvalue weighted by Gasteiger charge is -2.60. The summed E-state index contributed by atoms with van der Waals surface area (Å²) in [7, 11) is 3.30. The second-order valence-corrected chi connectivity index (χ2v) is 10.7. The topological polar surface area (TPSA) is 145 Å². The molecule has 2 aliphatic heterocycles. The first-order valence-electron chi connectivity index (χ1n) is 13.2. The number of aliphatic hydroxyl groups is 4. The molecule has 7 N–H and O–H groups in total. The van der Waals surface area contributed by atoms with Gasteiger partial charge >= 0.3 is 0 Å². The van der Waals surface area contributed by atoms with Gasteiger partial charge in [0.15, 0.2) is 0 Å². The summed E-state index contributed by atoms with van der Waals surface area (Å²) in [6, 6.07) is 16.9. The number of benzene rings is 2. The standard InChI is InChI=1S/C28H39N3O7/c1-16-13-27(34,15-31-14-17-9-11-19(12-10-17)18-7-5-4-6-8-18)28(35)26(36-16)37-25-23(33)20(29-2)22(32)21(30-3)24(25)38-28/h4-12,16,20-26,29-35H,13-15H2,1-3H3/t16-,20-,21+,22+,23+,24?,25?,26?,27-,28?/m1/s1. The molecular weight excluding hydrogens is 490 g/mol. The van der Waals surface area contributed by atoms with Crippen LogP contribution in [0, 0.1) is 0 Å². The van der Waals surface area contributed by atoms with Crippen molar-refractivity contribution in [2.75, 3.05) is 20.6 Å². The molecule has 5 rings (SSSR count). The predicted octanol–water partition coefficient (Wildman–Crippen LogP) is -0.307. The van der Waals surface area contributed by atoms with E-state index in [0.29, 0.717) is 6.54 Å². The molecule has 3 aliphatic rings. The van der Waals surface area contributed by atoms with E-state index < -0.39 is 60.3 Å². The van der Waals surface area contributed by atoms with Crippen LogP contribution in [0.4, 0.5) is 0 Å². The average Bonchev–Trinajstić information content (AvgIpc) is 2.90. The molecule has 2 aromatic rings. The minimum atomic E-state index is -2.23. The molecule has 2 heterocycles. The molecule has 3 fully saturated rings. The Labute approximate surface area is 222 Å². The van der Waals surface area contributed by atoms with E-state index in [4.69, 9.17) is 14.2 Å². The van der Waals surface area contributed by atoms with Gasteiger partial charge in [-0.1, -0.05) is 54.6 Å². The summed E-state index contributed by atoms with van der Waals surface area (Å²) in [5.74, 6) is -2.23. The second kappa shape index (κ2) is 10.9. The maximum atomic E-state index is 11.8. The first kappa shape index (κ1) is 27.6. The third-order valence-corrected chi connectivity index (χ3v) is 8.16. The Morgan fingerprint density at radius 3 is 2.16 bits per heavy atom. The van der Waals surface area contributed by atoms with Crippen molar-refractivity contribution in [2.45, 2.75) is 80.2 Å². The van der Waals surface area contributed by atoms with Gasteiger partial charge in [0.2, 0.25) is 12.1 Å². The molecule has 2 saturated heterocycles. The lowest BCUT2D eigenvalue weighted by atomic mass is 9.77. The average molecular weight is 530 g/mol. The van der Waals surface area contributed by atoms with Gasteiger partial charge in [0, 0.05) is 19.5 Å². The van der Waals surface area contributed by atoms with Crippen molar-refractivity contribution in [2.24, 2.45) is 0 Å². The zero-order chi connectivity index (χ0) is 27.1. The molecule has 0 amide bonds. The highest BCUT2D eigenvalue weighted by molar-refractivity contribution is 5.63. The van der Waals surface area contributed by atoms with Gasteiger partial charge in [-0.05, 0) is 37.7 Å². The molecule has 10 heteroatoms. The van der Waals surface area contributed by atoms with Gasteiger partial charge in [-0.3, -0.25) is 0 Å². The highest BCUT2D eigenvalue weighted by atomic mass is 16.8. The van der Waals surface area contributed by atoms with E-state index in [0.717, 1.165) is 16.7 Å². The van der Waals surface area contributed by atoms with E-state index in [-0.39, 0.29) is 13.0 Å². The normalized spacial score (nSPS) is 40.8. The molecule has 1 aliphatic carbocycles. The number of likely N-dealkylation sites (N-methyl/N-ethyl adjacent to an activating group) is 2. The van der Waals surface area contributed by atoms with Gasteiger partial charge < -0.3 is 50.6 Å². The summed E-state index contributed by atoms with van der Waals surface area (Å²) in [5.41, 5.74) is 1.50. The van der Waals surface area contributed by atoms with Gasteiger partial charge in [-0.25, -0.2) is 0 Å². The van der Waals surface area contributed by atoms with Crippen LogP contribution in [0.1, 0.15) is 18.9 Å². The Morgan fingerprint density at radius 1 is 0.842 bits per heavy atom. The van der Waals surface area contributed by atoms with Gasteiger partial charge in [0.05, 0.1) is 24.3 Å². The molecule has 4 unspecified atom stereocenters. The highest BCUT2D eigenvalue weighted by Crippen LogP contribution is 2.46. The zero-order valence-electron chi connectivity index (χ0n) is 21.9. The van der Waals surface area contributed by atoms with Crippen molar-refractivity contribution in [3.8, 4) is 11.1 Å². The number of fused-ring (bicyclic) bond motifs is 2. The van der Waals surface area contributed by atoms with E-state index in [2.05, 4.69) is 40.2 Å². The zero-order valence-corrected chi connectivity index (χ0v) is 21.9. The fourth-order valence-corrected chi connectivity index (χ4v) is 6.09. The van der Waals surface area contributed by atoms with Crippen molar-refractivity contribution >= 4 is 0 Å². The van der Waals surface area contributed by atoms with Crippen LogP contribution in [0.15, 0.2) is 54.6 Å². The van der Waals surface area contributed by atoms with Crippen molar-refractivity contribution in [3.05, 3.63) is 60.2 Å². The summed E-state index contributed by atoms with van der Waals surface area (Å²) in [4.78, 5) is 0. The van der Waals surface area contributed by atoms with Crippen LogP contribution >= 0.6 is 0 Å². The number of hydrogen-bond acceptors (Lipinski definition) is 10. The third-order valence-electron chi connectivity index (χ3n) is 8.16. The minimum Gasteiger partial charge on any atom is -0.390 e. The lowest BCUT2D eigenvalue weighted by molar-refractivity contribution is -0.482.